The summed E-state index contributed by atoms with van der Waals surface area (Å²) in [5, 5.41) is 2.45. The van der Waals surface area contributed by atoms with Gasteiger partial charge in [-0.2, -0.15) is 0 Å². The first kappa shape index (κ1) is 12.4. The summed E-state index contributed by atoms with van der Waals surface area (Å²) in [6, 6.07) is 4.27. The lowest BCUT2D eigenvalue weighted by atomic mass is 10.2. The molecular formula is C12H7ClF2N2O. The number of benzene rings is 1. The Labute approximate surface area is 106 Å². The molecule has 0 aliphatic rings. The molecule has 0 atom stereocenters. The van der Waals surface area contributed by atoms with Crippen LogP contribution in [-0.2, 0) is 0 Å². The van der Waals surface area contributed by atoms with Crippen LogP contribution in [-0.4, -0.2) is 10.9 Å². The van der Waals surface area contributed by atoms with Crippen LogP contribution in [0, 0.1) is 11.6 Å². The molecule has 1 aromatic carbocycles. The van der Waals surface area contributed by atoms with E-state index in [1.165, 1.54) is 18.5 Å². The number of amides is 1. The Balaban J connectivity index is 2.24. The minimum Gasteiger partial charge on any atom is -0.319 e. The lowest BCUT2D eigenvalue weighted by molar-refractivity contribution is 0.102. The molecular weight excluding hydrogens is 262 g/mol. The maximum absolute atomic E-state index is 13.3. The number of nitrogens with zero attached hydrogens (tertiary/aromatic N) is 1. The van der Waals surface area contributed by atoms with Crippen LogP contribution in [0.25, 0.3) is 0 Å². The third-order valence-corrected chi connectivity index (χ3v) is 2.50. The maximum atomic E-state index is 13.3. The van der Waals surface area contributed by atoms with Gasteiger partial charge >= 0.3 is 0 Å². The predicted molar refractivity (Wildman–Crippen MR) is 63.6 cm³/mol. The highest BCUT2D eigenvalue weighted by atomic mass is 35.5. The number of hydrogen-bond acceptors (Lipinski definition) is 2. The number of hydrogen-bond donors (Lipinski definition) is 1. The number of aromatic nitrogens is 1. The summed E-state index contributed by atoms with van der Waals surface area (Å²) in [7, 11) is 0. The summed E-state index contributed by atoms with van der Waals surface area (Å²) < 4.78 is 26.0. The summed E-state index contributed by atoms with van der Waals surface area (Å²) in [5.41, 5.74) is 0.0460. The fourth-order valence-electron chi connectivity index (χ4n) is 1.34. The van der Waals surface area contributed by atoms with Gasteiger partial charge in [-0.25, -0.2) is 8.78 Å². The van der Waals surface area contributed by atoms with Crippen molar-refractivity contribution in [3.8, 4) is 0 Å². The monoisotopic (exact) mass is 268 g/mol. The smallest absolute Gasteiger partial charge is 0.257 e. The highest BCUT2D eigenvalue weighted by molar-refractivity contribution is 6.34. The molecule has 1 amide bonds. The van der Waals surface area contributed by atoms with E-state index in [2.05, 4.69) is 10.3 Å². The van der Waals surface area contributed by atoms with Crippen molar-refractivity contribution in [2.24, 2.45) is 0 Å². The highest BCUT2D eigenvalue weighted by Gasteiger charge is 2.12. The molecule has 0 saturated heterocycles. The van der Waals surface area contributed by atoms with Gasteiger partial charge in [-0.1, -0.05) is 11.6 Å². The van der Waals surface area contributed by atoms with E-state index in [0.29, 0.717) is 6.07 Å². The topological polar surface area (TPSA) is 42.0 Å². The molecule has 1 aromatic heterocycles. The highest BCUT2D eigenvalue weighted by Crippen LogP contribution is 2.18. The molecule has 0 unspecified atom stereocenters. The quantitative estimate of drug-likeness (QED) is 0.908. The van der Waals surface area contributed by atoms with E-state index in [0.717, 1.165) is 12.1 Å². The molecule has 1 heterocycles. The van der Waals surface area contributed by atoms with Gasteiger partial charge in [0.2, 0.25) is 0 Å². The van der Waals surface area contributed by atoms with Crippen LogP contribution in [0.2, 0.25) is 5.02 Å². The average Bonchev–Trinajstić information content (AvgIpc) is 2.33. The second-order valence-corrected chi connectivity index (χ2v) is 3.84. The Morgan fingerprint density at radius 2 is 2.06 bits per heavy atom. The van der Waals surface area contributed by atoms with Gasteiger partial charge in [-0.3, -0.25) is 9.78 Å². The van der Waals surface area contributed by atoms with Crippen molar-refractivity contribution >= 4 is 23.2 Å². The van der Waals surface area contributed by atoms with E-state index >= 15 is 0 Å². The van der Waals surface area contributed by atoms with Gasteiger partial charge in [0, 0.05) is 18.5 Å². The Hall–Kier alpha value is -2.01. The number of pyridine rings is 1. The van der Waals surface area contributed by atoms with Crippen LogP contribution in [0.1, 0.15) is 10.4 Å². The van der Waals surface area contributed by atoms with E-state index in [1.807, 2.05) is 0 Å². The Morgan fingerprint density at radius 3 is 2.72 bits per heavy atom. The van der Waals surface area contributed by atoms with Gasteiger partial charge in [-0.05, 0) is 18.2 Å². The summed E-state index contributed by atoms with van der Waals surface area (Å²) >= 11 is 5.77. The third kappa shape index (κ3) is 2.62. The second-order valence-electron chi connectivity index (χ2n) is 3.43. The van der Waals surface area contributed by atoms with Crippen molar-refractivity contribution < 1.29 is 13.6 Å². The van der Waals surface area contributed by atoms with Crippen molar-refractivity contribution in [3.63, 3.8) is 0 Å². The molecule has 1 N–H and O–H groups in total. The summed E-state index contributed by atoms with van der Waals surface area (Å²) in [4.78, 5) is 15.5. The molecule has 2 rings (SSSR count). The van der Waals surface area contributed by atoms with Crippen LogP contribution in [0.4, 0.5) is 14.5 Å². The molecule has 0 fully saturated rings. The van der Waals surface area contributed by atoms with Gasteiger partial charge in [0.25, 0.3) is 5.91 Å². The van der Waals surface area contributed by atoms with Crippen LogP contribution >= 0.6 is 11.6 Å². The van der Waals surface area contributed by atoms with Gasteiger partial charge < -0.3 is 5.32 Å². The lowest BCUT2D eigenvalue weighted by Crippen LogP contribution is -2.13. The molecule has 0 radical (unpaired) electrons. The van der Waals surface area contributed by atoms with E-state index < -0.39 is 17.5 Å². The first-order valence-corrected chi connectivity index (χ1v) is 5.31. The summed E-state index contributed by atoms with van der Waals surface area (Å²) in [6.07, 6.45) is 2.69. The lowest BCUT2D eigenvalue weighted by Gasteiger charge is -2.07. The second kappa shape index (κ2) is 5.10. The first-order chi connectivity index (χ1) is 8.58. The maximum Gasteiger partial charge on any atom is 0.257 e. The molecule has 0 spiro atoms. The Morgan fingerprint density at radius 1 is 1.28 bits per heavy atom. The molecule has 18 heavy (non-hydrogen) atoms. The number of carbonyl (C=O) groups is 1. The van der Waals surface area contributed by atoms with Crippen LogP contribution in [0.15, 0.2) is 36.7 Å². The van der Waals surface area contributed by atoms with Gasteiger partial charge in [-0.15, -0.1) is 0 Å². The molecule has 6 heteroatoms. The Kier molecular flexibility index (Phi) is 3.53. The minimum absolute atomic E-state index is 0.116. The van der Waals surface area contributed by atoms with Crippen molar-refractivity contribution in [2.45, 2.75) is 0 Å². The van der Waals surface area contributed by atoms with E-state index in [4.69, 9.17) is 11.6 Å². The minimum atomic E-state index is -0.853. The van der Waals surface area contributed by atoms with Crippen molar-refractivity contribution in [1.29, 1.82) is 0 Å². The van der Waals surface area contributed by atoms with Gasteiger partial charge in [0.05, 0.1) is 16.3 Å². The Bertz CT molecular complexity index is 604. The zero-order valence-corrected chi connectivity index (χ0v) is 9.71. The number of halogens is 3. The SMILES string of the molecule is O=C(Nc1ccc(F)cc1F)c1ccncc1Cl. The summed E-state index contributed by atoms with van der Waals surface area (Å²) in [5.74, 6) is -2.16. The fraction of sp³-hybridized carbons (Fsp3) is 0. The molecule has 0 aliphatic heterocycles. The van der Waals surface area contributed by atoms with Crippen molar-refractivity contribution in [3.05, 3.63) is 58.9 Å². The average molecular weight is 269 g/mol. The molecule has 92 valence electrons. The predicted octanol–water partition coefficient (Wildman–Crippen LogP) is 3.27. The van der Waals surface area contributed by atoms with E-state index in [9.17, 15) is 13.6 Å². The molecule has 0 aliphatic carbocycles. The number of nitrogens with one attached hydrogen (secondary N) is 1. The molecule has 0 bridgehead atoms. The van der Waals surface area contributed by atoms with E-state index in [1.54, 1.807) is 0 Å². The zero-order chi connectivity index (χ0) is 13.1. The van der Waals surface area contributed by atoms with Gasteiger partial charge in [0.15, 0.2) is 0 Å². The van der Waals surface area contributed by atoms with Crippen molar-refractivity contribution in [1.82, 2.24) is 4.98 Å². The van der Waals surface area contributed by atoms with Crippen molar-refractivity contribution in [2.75, 3.05) is 5.32 Å². The molecule has 0 saturated carbocycles. The fourth-order valence-corrected chi connectivity index (χ4v) is 1.54. The third-order valence-electron chi connectivity index (χ3n) is 2.20. The van der Waals surface area contributed by atoms with Crippen LogP contribution in [0.5, 0.6) is 0 Å². The zero-order valence-electron chi connectivity index (χ0n) is 8.95. The standard InChI is InChI=1S/C12H7ClF2N2O/c13-9-6-16-4-3-8(9)12(18)17-11-2-1-7(14)5-10(11)15/h1-6H,(H,17,18). The van der Waals surface area contributed by atoms with E-state index in [-0.39, 0.29) is 16.3 Å². The number of carbonyl (C=O) groups excluding carboxylic acids is 1. The summed E-state index contributed by atoms with van der Waals surface area (Å²) in [6.45, 7) is 0. The molecule has 2 aromatic rings. The van der Waals surface area contributed by atoms with Gasteiger partial charge in [0.1, 0.15) is 11.6 Å². The number of rotatable bonds is 2. The molecule has 3 nitrogen and oxygen atoms in total. The normalized spacial score (nSPS) is 10.2. The van der Waals surface area contributed by atoms with Crippen LogP contribution in [0.3, 0.4) is 0 Å². The first-order valence-electron chi connectivity index (χ1n) is 4.94. The number of anilines is 1. The van der Waals surface area contributed by atoms with Crippen LogP contribution < -0.4 is 5.32 Å². The largest absolute Gasteiger partial charge is 0.319 e.